The second kappa shape index (κ2) is 7.64. The number of aryl methyl sites for hydroxylation is 1. The van der Waals surface area contributed by atoms with Gasteiger partial charge in [-0.15, -0.1) is 0 Å². The second-order valence-corrected chi connectivity index (χ2v) is 4.83. The van der Waals surface area contributed by atoms with E-state index in [-0.39, 0.29) is 13.0 Å². The van der Waals surface area contributed by atoms with Crippen LogP contribution in [0.2, 0.25) is 0 Å². The Kier molecular flexibility index (Phi) is 6.17. The van der Waals surface area contributed by atoms with Gasteiger partial charge in [0.2, 0.25) is 12.5 Å². The molecule has 0 aliphatic carbocycles. The van der Waals surface area contributed by atoms with Crippen LogP contribution in [0.3, 0.4) is 0 Å². The van der Waals surface area contributed by atoms with Crippen molar-refractivity contribution in [2.45, 2.75) is 19.9 Å². The van der Waals surface area contributed by atoms with Crippen molar-refractivity contribution in [2.24, 2.45) is 0 Å². The molecule has 1 rings (SSSR count). The lowest BCUT2D eigenvalue weighted by Crippen LogP contribution is -2.46. The number of anilines is 1. The molecule has 1 aromatic rings. The van der Waals surface area contributed by atoms with E-state index in [9.17, 15) is 14.4 Å². The molecule has 1 atom stereocenters. The van der Waals surface area contributed by atoms with Gasteiger partial charge in [-0.3, -0.25) is 9.59 Å². The van der Waals surface area contributed by atoms with Crippen molar-refractivity contribution in [1.82, 2.24) is 5.32 Å². The van der Waals surface area contributed by atoms with E-state index in [1.807, 2.05) is 13.0 Å². The normalized spacial score (nSPS) is 11.3. The van der Waals surface area contributed by atoms with Crippen LogP contribution in [0.15, 0.2) is 22.7 Å². The van der Waals surface area contributed by atoms with Gasteiger partial charge in [-0.2, -0.15) is 0 Å². The zero-order valence-electron chi connectivity index (χ0n) is 11.1. The van der Waals surface area contributed by atoms with Gasteiger partial charge in [-0.1, -0.05) is 15.9 Å². The molecule has 1 aromatic carbocycles. The fraction of sp³-hybridized carbons (Fsp3) is 0.308. The van der Waals surface area contributed by atoms with Gasteiger partial charge in [-0.25, -0.2) is 4.79 Å². The van der Waals surface area contributed by atoms with Crippen LogP contribution >= 0.6 is 15.9 Å². The van der Waals surface area contributed by atoms with Crippen LogP contribution in [0.4, 0.5) is 5.69 Å². The number of hydrogen-bond donors (Lipinski definition) is 2. The third-order valence-corrected chi connectivity index (χ3v) is 2.96. The molecule has 0 aliphatic heterocycles. The highest BCUT2D eigenvalue weighted by molar-refractivity contribution is 9.10. The summed E-state index contributed by atoms with van der Waals surface area (Å²) in [5.41, 5.74) is 1.38. The molecule has 0 aromatic heterocycles. The molecule has 0 saturated carbocycles. The van der Waals surface area contributed by atoms with Gasteiger partial charge in [0.05, 0.1) is 6.61 Å². The first kappa shape index (κ1) is 16.2. The molecule has 2 N–H and O–H groups in total. The van der Waals surface area contributed by atoms with Gasteiger partial charge in [-0.05, 0) is 37.6 Å². The summed E-state index contributed by atoms with van der Waals surface area (Å²) in [5.74, 6) is -1.45. The molecule has 6 nitrogen and oxygen atoms in total. The van der Waals surface area contributed by atoms with E-state index in [1.54, 1.807) is 19.1 Å². The van der Waals surface area contributed by atoms with Crippen LogP contribution in [0.1, 0.15) is 12.5 Å². The lowest BCUT2D eigenvalue weighted by Gasteiger charge is -2.15. The topological polar surface area (TPSA) is 84.5 Å². The molecule has 108 valence electrons. The number of carbonyl (C=O) groups excluding carboxylic acids is 3. The zero-order chi connectivity index (χ0) is 15.1. The van der Waals surface area contributed by atoms with Crippen molar-refractivity contribution in [1.29, 1.82) is 0 Å². The quantitative estimate of drug-likeness (QED) is 0.464. The number of esters is 1. The fourth-order valence-electron chi connectivity index (χ4n) is 1.52. The fourth-order valence-corrected chi connectivity index (χ4v) is 1.99. The maximum absolute atomic E-state index is 12.0. The van der Waals surface area contributed by atoms with Gasteiger partial charge >= 0.3 is 5.97 Å². The lowest BCUT2D eigenvalue weighted by molar-refractivity contribution is -0.149. The SMILES string of the molecule is CCOC(=O)C(NC=O)C(=O)Nc1ccc(Br)cc1C. The number of ether oxygens (including phenoxy) is 1. The van der Waals surface area contributed by atoms with Crippen molar-refractivity contribution in [3.05, 3.63) is 28.2 Å². The van der Waals surface area contributed by atoms with E-state index in [0.29, 0.717) is 5.69 Å². The van der Waals surface area contributed by atoms with Crippen molar-refractivity contribution >= 4 is 39.9 Å². The molecular weight excluding hydrogens is 328 g/mol. The monoisotopic (exact) mass is 342 g/mol. The predicted molar refractivity (Wildman–Crippen MR) is 77.1 cm³/mol. The molecule has 20 heavy (non-hydrogen) atoms. The Morgan fingerprint density at radius 2 is 2.15 bits per heavy atom. The Bertz CT molecular complexity index is 519. The second-order valence-electron chi connectivity index (χ2n) is 3.92. The number of nitrogens with one attached hydrogen (secondary N) is 2. The van der Waals surface area contributed by atoms with Gasteiger partial charge in [0.1, 0.15) is 0 Å². The largest absolute Gasteiger partial charge is 0.464 e. The third kappa shape index (κ3) is 4.34. The van der Waals surface area contributed by atoms with Gasteiger partial charge in [0, 0.05) is 10.2 Å². The summed E-state index contributed by atoms with van der Waals surface area (Å²) in [7, 11) is 0. The average Bonchev–Trinajstić information content (AvgIpc) is 2.39. The number of amides is 2. The molecule has 0 radical (unpaired) electrons. The summed E-state index contributed by atoms with van der Waals surface area (Å²) in [6, 6.07) is 3.91. The number of hydrogen-bond acceptors (Lipinski definition) is 4. The molecule has 0 saturated heterocycles. The average molecular weight is 343 g/mol. The summed E-state index contributed by atoms with van der Waals surface area (Å²) in [6.45, 7) is 3.56. The standard InChI is InChI=1S/C13H15BrN2O4/c1-3-20-13(19)11(15-7-17)12(18)16-10-5-4-9(14)6-8(10)2/h4-7,11H,3H2,1-2H3,(H,15,17)(H,16,18). The van der Waals surface area contributed by atoms with E-state index < -0.39 is 17.9 Å². The number of benzene rings is 1. The van der Waals surface area contributed by atoms with E-state index in [0.717, 1.165) is 10.0 Å². The Hall–Kier alpha value is -1.89. The maximum Gasteiger partial charge on any atom is 0.338 e. The van der Waals surface area contributed by atoms with Gasteiger partial charge < -0.3 is 15.4 Å². The van der Waals surface area contributed by atoms with Crippen molar-refractivity contribution in [3.63, 3.8) is 0 Å². The first-order valence-corrected chi connectivity index (χ1v) is 6.72. The number of rotatable bonds is 6. The summed E-state index contributed by atoms with van der Waals surface area (Å²) in [4.78, 5) is 34.1. The highest BCUT2D eigenvalue weighted by Gasteiger charge is 2.27. The highest BCUT2D eigenvalue weighted by atomic mass is 79.9. The van der Waals surface area contributed by atoms with Crippen molar-refractivity contribution in [3.8, 4) is 0 Å². The smallest absolute Gasteiger partial charge is 0.338 e. The predicted octanol–water partition coefficient (Wildman–Crippen LogP) is 1.37. The maximum atomic E-state index is 12.0. The van der Waals surface area contributed by atoms with Crippen molar-refractivity contribution in [2.75, 3.05) is 11.9 Å². The molecule has 0 spiro atoms. The first-order valence-electron chi connectivity index (χ1n) is 5.93. The lowest BCUT2D eigenvalue weighted by atomic mass is 10.2. The Labute approximate surface area is 125 Å². The minimum Gasteiger partial charge on any atom is -0.464 e. The molecule has 1 unspecified atom stereocenters. The van der Waals surface area contributed by atoms with E-state index in [2.05, 4.69) is 26.6 Å². The van der Waals surface area contributed by atoms with Gasteiger partial charge in [0.15, 0.2) is 0 Å². The zero-order valence-corrected chi connectivity index (χ0v) is 12.7. The number of halogens is 1. The summed E-state index contributed by atoms with van der Waals surface area (Å²) < 4.78 is 5.61. The van der Waals surface area contributed by atoms with E-state index in [4.69, 9.17) is 4.74 Å². The van der Waals surface area contributed by atoms with Crippen LogP contribution in [-0.2, 0) is 19.1 Å². The molecule has 7 heteroatoms. The molecule has 0 heterocycles. The van der Waals surface area contributed by atoms with Crippen LogP contribution in [-0.4, -0.2) is 30.9 Å². The Balaban J connectivity index is 2.85. The minimum absolute atomic E-state index is 0.125. The summed E-state index contributed by atoms with van der Waals surface area (Å²) in [6.07, 6.45) is 0.287. The molecular formula is C13H15BrN2O4. The highest BCUT2D eigenvalue weighted by Crippen LogP contribution is 2.20. The van der Waals surface area contributed by atoms with E-state index >= 15 is 0 Å². The van der Waals surface area contributed by atoms with E-state index in [1.165, 1.54) is 0 Å². The van der Waals surface area contributed by atoms with Crippen LogP contribution in [0, 0.1) is 6.92 Å². The molecule has 0 bridgehead atoms. The number of carbonyl (C=O) groups is 3. The molecule has 0 fully saturated rings. The molecule has 2 amide bonds. The minimum atomic E-state index is -1.37. The van der Waals surface area contributed by atoms with Crippen molar-refractivity contribution < 1.29 is 19.1 Å². The molecule has 0 aliphatic rings. The third-order valence-electron chi connectivity index (χ3n) is 2.47. The summed E-state index contributed by atoms with van der Waals surface area (Å²) in [5, 5.41) is 4.72. The first-order chi connectivity index (χ1) is 9.49. The summed E-state index contributed by atoms with van der Waals surface area (Å²) >= 11 is 3.31. The van der Waals surface area contributed by atoms with Crippen LogP contribution in [0.25, 0.3) is 0 Å². The van der Waals surface area contributed by atoms with Gasteiger partial charge in [0.25, 0.3) is 5.91 Å². The Morgan fingerprint density at radius 1 is 1.45 bits per heavy atom. The Morgan fingerprint density at radius 3 is 2.70 bits per heavy atom. The van der Waals surface area contributed by atoms with Crippen LogP contribution < -0.4 is 10.6 Å². The van der Waals surface area contributed by atoms with Crippen LogP contribution in [0.5, 0.6) is 0 Å².